The van der Waals surface area contributed by atoms with Gasteiger partial charge in [0.25, 0.3) is 0 Å². The summed E-state index contributed by atoms with van der Waals surface area (Å²) in [5, 5.41) is 7.87. The number of halogens is 2. The van der Waals surface area contributed by atoms with Gasteiger partial charge in [-0.3, -0.25) is 0 Å². The molecule has 0 saturated heterocycles. The van der Waals surface area contributed by atoms with Crippen LogP contribution in [0.3, 0.4) is 0 Å². The molecule has 6 heteroatoms. The number of rotatable bonds is 2. The molecule has 0 atom stereocenters. The SMILES string of the molecule is Nc1c(-c2ccc(F)cc2)nnn1-c1cccc(F)c1. The average Bonchev–Trinajstić information content (AvgIpc) is 2.82. The minimum absolute atomic E-state index is 0.266. The van der Waals surface area contributed by atoms with Gasteiger partial charge in [0.2, 0.25) is 0 Å². The normalized spacial score (nSPS) is 10.7. The Hall–Kier alpha value is -2.76. The average molecular weight is 272 g/mol. The number of nitrogen functional groups attached to an aromatic ring is 1. The summed E-state index contributed by atoms with van der Waals surface area (Å²) in [5.41, 5.74) is 7.52. The van der Waals surface area contributed by atoms with E-state index in [1.165, 1.54) is 28.9 Å². The largest absolute Gasteiger partial charge is 0.382 e. The Labute approximate surface area is 113 Å². The molecule has 3 aromatic rings. The predicted molar refractivity (Wildman–Crippen MR) is 71.1 cm³/mol. The first kappa shape index (κ1) is 12.3. The van der Waals surface area contributed by atoms with E-state index in [2.05, 4.69) is 10.3 Å². The highest BCUT2D eigenvalue weighted by molar-refractivity contribution is 5.70. The molecular formula is C14H10F2N4. The van der Waals surface area contributed by atoms with Gasteiger partial charge in [0.05, 0.1) is 5.69 Å². The van der Waals surface area contributed by atoms with Crippen molar-refractivity contribution in [2.24, 2.45) is 0 Å². The summed E-state index contributed by atoms with van der Waals surface area (Å²) in [6.45, 7) is 0. The lowest BCUT2D eigenvalue weighted by Crippen LogP contribution is -2.02. The van der Waals surface area contributed by atoms with Crippen molar-refractivity contribution >= 4 is 5.82 Å². The summed E-state index contributed by atoms with van der Waals surface area (Å²) in [5.74, 6) is -0.465. The zero-order valence-electron chi connectivity index (χ0n) is 10.3. The van der Waals surface area contributed by atoms with Crippen LogP contribution < -0.4 is 5.73 Å². The Bertz CT molecular complexity index is 750. The molecule has 100 valence electrons. The number of nitrogens with zero attached hydrogens (tertiary/aromatic N) is 3. The first-order valence-electron chi connectivity index (χ1n) is 5.88. The lowest BCUT2D eigenvalue weighted by atomic mass is 10.1. The van der Waals surface area contributed by atoms with E-state index in [0.29, 0.717) is 16.9 Å². The number of benzene rings is 2. The van der Waals surface area contributed by atoms with Crippen molar-refractivity contribution in [3.63, 3.8) is 0 Å². The lowest BCUT2D eigenvalue weighted by Gasteiger charge is -2.03. The molecule has 0 radical (unpaired) electrons. The van der Waals surface area contributed by atoms with Crippen molar-refractivity contribution in [1.82, 2.24) is 15.0 Å². The van der Waals surface area contributed by atoms with Crippen molar-refractivity contribution in [3.05, 3.63) is 60.2 Å². The van der Waals surface area contributed by atoms with Crippen LogP contribution in [0.5, 0.6) is 0 Å². The van der Waals surface area contributed by atoms with Crippen molar-refractivity contribution in [2.45, 2.75) is 0 Å². The Kier molecular flexibility index (Phi) is 2.90. The van der Waals surface area contributed by atoms with Crippen LogP contribution in [-0.4, -0.2) is 15.0 Å². The van der Waals surface area contributed by atoms with Crippen molar-refractivity contribution in [3.8, 4) is 16.9 Å². The molecule has 1 heterocycles. The third-order valence-corrected chi connectivity index (χ3v) is 2.88. The van der Waals surface area contributed by atoms with Crippen LogP contribution in [0, 0.1) is 11.6 Å². The number of hydrogen-bond donors (Lipinski definition) is 1. The van der Waals surface area contributed by atoms with Gasteiger partial charge < -0.3 is 5.73 Å². The summed E-state index contributed by atoms with van der Waals surface area (Å²) in [7, 11) is 0. The molecule has 0 aliphatic rings. The highest BCUT2D eigenvalue weighted by Gasteiger charge is 2.13. The number of aromatic nitrogens is 3. The molecule has 2 N–H and O–H groups in total. The molecule has 0 amide bonds. The summed E-state index contributed by atoms with van der Waals surface area (Å²) < 4.78 is 27.5. The fourth-order valence-corrected chi connectivity index (χ4v) is 1.90. The van der Waals surface area contributed by atoms with Gasteiger partial charge in [0.15, 0.2) is 5.82 Å². The minimum Gasteiger partial charge on any atom is -0.382 e. The van der Waals surface area contributed by atoms with E-state index in [1.807, 2.05) is 0 Å². The quantitative estimate of drug-likeness (QED) is 0.780. The number of nitrogens with two attached hydrogens (primary N) is 1. The van der Waals surface area contributed by atoms with Crippen LogP contribution in [-0.2, 0) is 0 Å². The van der Waals surface area contributed by atoms with Crippen molar-refractivity contribution in [1.29, 1.82) is 0 Å². The summed E-state index contributed by atoms with van der Waals surface area (Å²) >= 11 is 0. The summed E-state index contributed by atoms with van der Waals surface area (Å²) in [4.78, 5) is 0. The van der Waals surface area contributed by atoms with Gasteiger partial charge in [0, 0.05) is 5.56 Å². The molecule has 0 aliphatic carbocycles. The van der Waals surface area contributed by atoms with E-state index in [0.717, 1.165) is 0 Å². The summed E-state index contributed by atoms with van der Waals surface area (Å²) in [6, 6.07) is 11.6. The molecule has 20 heavy (non-hydrogen) atoms. The van der Waals surface area contributed by atoms with E-state index < -0.39 is 0 Å². The van der Waals surface area contributed by atoms with Crippen LogP contribution in [0.2, 0.25) is 0 Å². The second kappa shape index (κ2) is 4.73. The summed E-state index contributed by atoms with van der Waals surface area (Å²) in [6.07, 6.45) is 0. The first-order valence-corrected chi connectivity index (χ1v) is 5.88. The Balaban J connectivity index is 2.07. The first-order chi connectivity index (χ1) is 9.65. The van der Waals surface area contributed by atoms with Gasteiger partial charge in [-0.15, -0.1) is 5.10 Å². The van der Waals surface area contributed by atoms with Gasteiger partial charge in [-0.05, 0) is 42.5 Å². The maximum absolute atomic E-state index is 13.2. The predicted octanol–water partition coefficient (Wildman–Crippen LogP) is 2.79. The monoisotopic (exact) mass is 272 g/mol. The van der Waals surface area contributed by atoms with E-state index in [4.69, 9.17) is 5.73 Å². The van der Waals surface area contributed by atoms with Gasteiger partial charge in [0.1, 0.15) is 17.3 Å². The minimum atomic E-state index is -0.388. The zero-order chi connectivity index (χ0) is 14.1. The van der Waals surface area contributed by atoms with E-state index in [9.17, 15) is 8.78 Å². The maximum atomic E-state index is 13.2. The van der Waals surface area contributed by atoms with E-state index in [1.54, 1.807) is 24.3 Å². The molecule has 3 rings (SSSR count). The molecule has 0 fully saturated rings. The van der Waals surface area contributed by atoms with Gasteiger partial charge in [-0.25, -0.2) is 8.78 Å². The highest BCUT2D eigenvalue weighted by Crippen LogP contribution is 2.25. The molecule has 0 bridgehead atoms. The maximum Gasteiger partial charge on any atom is 0.155 e. The van der Waals surface area contributed by atoms with Gasteiger partial charge in [-0.2, -0.15) is 4.68 Å². The zero-order valence-corrected chi connectivity index (χ0v) is 10.3. The molecule has 0 aliphatic heterocycles. The van der Waals surface area contributed by atoms with Crippen molar-refractivity contribution < 1.29 is 8.78 Å². The molecule has 0 unspecified atom stereocenters. The number of anilines is 1. The van der Waals surface area contributed by atoms with Gasteiger partial charge in [-0.1, -0.05) is 11.3 Å². The third kappa shape index (κ3) is 2.11. The fourth-order valence-electron chi connectivity index (χ4n) is 1.90. The second-order valence-corrected chi connectivity index (χ2v) is 4.22. The Morgan fingerprint density at radius 3 is 2.40 bits per heavy atom. The lowest BCUT2D eigenvalue weighted by molar-refractivity contribution is 0.625. The standard InChI is InChI=1S/C14H10F2N4/c15-10-6-4-9(5-7-10)13-14(17)20(19-18-13)12-3-1-2-11(16)8-12/h1-8H,17H2. The molecule has 0 spiro atoms. The molecule has 4 nitrogen and oxygen atoms in total. The topological polar surface area (TPSA) is 56.7 Å². The van der Waals surface area contributed by atoms with Crippen LogP contribution in [0.4, 0.5) is 14.6 Å². The van der Waals surface area contributed by atoms with Gasteiger partial charge >= 0.3 is 0 Å². The van der Waals surface area contributed by atoms with Crippen LogP contribution in [0.15, 0.2) is 48.5 Å². The Morgan fingerprint density at radius 2 is 1.70 bits per heavy atom. The van der Waals surface area contributed by atoms with E-state index in [-0.39, 0.29) is 17.5 Å². The smallest absolute Gasteiger partial charge is 0.155 e. The third-order valence-electron chi connectivity index (χ3n) is 2.88. The molecule has 2 aromatic carbocycles. The van der Waals surface area contributed by atoms with Crippen LogP contribution in [0.1, 0.15) is 0 Å². The van der Waals surface area contributed by atoms with Crippen LogP contribution >= 0.6 is 0 Å². The van der Waals surface area contributed by atoms with E-state index >= 15 is 0 Å². The Morgan fingerprint density at radius 1 is 0.950 bits per heavy atom. The van der Waals surface area contributed by atoms with Crippen molar-refractivity contribution in [2.75, 3.05) is 5.73 Å². The van der Waals surface area contributed by atoms with Crippen LogP contribution in [0.25, 0.3) is 16.9 Å². The second-order valence-electron chi connectivity index (χ2n) is 4.22. The molecule has 1 aromatic heterocycles. The highest BCUT2D eigenvalue weighted by atomic mass is 19.1. The molecular weight excluding hydrogens is 262 g/mol. The fraction of sp³-hybridized carbons (Fsp3) is 0. The number of hydrogen-bond acceptors (Lipinski definition) is 3. The molecule has 0 saturated carbocycles.